The van der Waals surface area contributed by atoms with Crippen LogP contribution in [0.25, 0.3) is 0 Å². The molecule has 17 heavy (non-hydrogen) atoms. The number of carbonyl (C=O) groups is 1. The molecule has 0 aliphatic carbocycles. The van der Waals surface area contributed by atoms with Crippen molar-refractivity contribution in [3.05, 3.63) is 29.8 Å². The number of thiol groups is 1. The molecule has 1 fully saturated rings. The molecule has 0 bridgehead atoms. The number of hydrogen-bond donors (Lipinski definition) is 2. The zero-order valence-corrected chi connectivity index (χ0v) is 10.7. The second-order valence-electron chi connectivity index (χ2n) is 4.60. The van der Waals surface area contributed by atoms with E-state index in [0.717, 1.165) is 0 Å². The molecule has 4 heteroatoms. The van der Waals surface area contributed by atoms with Crippen molar-refractivity contribution in [1.82, 2.24) is 4.90 Å². The topological polar surface area (TPSA) is 40.5 Å². The molecule has 1 aliphatic rings. The van der Waals surface area contributed by atoms with E-state index in [1.54, 1.807) is 11.0 Å². The van der Waals surface area contributed by atoms with Crippen molar-refractivity contribution in [2.24, 2.45) is 5.92 Å². The quantitative estimate of drug-likeness (QED) is 0.747. The van der Waals surface area contributed by atoms with Gasteiger partial charge >= 0.3 is 0 Å². The predicted molar refractivity (Wildman–Crippen MR) is 69.4 cm³/mol. The molecule has 1 N–H and O–H groups in total. The summed E-state index contributed by atoms with van der Waals surface area (Å²) in [5.74, 6) is 0.147. The third-order valence-electron chi connectivity index (χ3n) is 3.28. The Morgan fingerprint density at radius 3 is 2.82 bits per heavy atom. The Morgan fingerprint density at radius 1 is 1.47 bits per heavy atom. The molecular weight excluding hydrogens is 234 g/mol. The number of likely N-dealkylation sites (tertiary alicyclic amines) is 1. The van der Waals surface area contributed by atoms with Gasteiger partial charge in [0.25, 0.3) is 5.91 Å². The van der Waals surface area contributed by atoms with Crippen molar-refractivity contribution in [2.75, 3.05) is 13.1 Å². The van der Waals surface area contributed by atoms with E-state index in [0.29, 0.717) is 30.0 Å². The van der Waals surface area contributed by atoms with Gasteiger partial charge in [0.05, 0.1) is 11.7 Å². The first-order chi connectivity index (χ1) is 8.09. The van der Waals surface area contributed by atoms with Crippen molar-refractivity contribution in [3.63, 3.8) is 0 Å². The summed E-state index contributed by atoms with van der Waals surface area (Å²) < 4.78 is 0. The number of rotatable bonds is 1. The average Bonchev–Trinajstić information content (AvgIpc) is 2.32. The Bertz CT molecular complexity index is 422. The van der Waals surface area contributed by atoms with E-state index >= 15 is 0 Å². The summed E-state index contributed by atoms with van der Waals surface area (Å²) in [5, 5.41) is 9.65. The highest BCUT2D eigenvalue weighted by atomic mass is 32.1. The molecule has 1 aromatic rings. The van der Waals surface area contributed by atoms with E-state index < -0.39 is 0 Å². The van der Waals surface area contributed by atoms with Gasteiger partial charge in [-0.1, -0.05) is 19.1 Å². The number of aliphatic hydroxyl groups is 1. The van der Waals surface area contributed by atoms with Gasteiger partial charge in [0.1, 0.15) is 0 Å². The van der Waals surface area contributed by atoms with Crippen LogP contribution in [0.3, 0.4) is 0 Å². The molecule has 1 heterocycles. The van der Waals surface area contributed by atoms with Crippen LogP contribution in [-0.4, -0.2) is 35.1 Å². The predicted octanol–water partition coefficient (Wildman–Crippen LogP) is 1.82. The van der Waals surface area contributed by atoms with Crippen LogP contribution in [0.4, 0.5) is 0 Å². The van der Waals surface area contributed by atoms with Gasteiger partial charge < -0.3 is 10.0 Å². The third kappa shape index (κ3) is 2.64. The standard InChI is InChI=1S/C13H17NO2S/c1-9-8-14(7-6-11(9)15)13(16)10-4-2-3-5-12(10)17/h2-5,9,11,15,17H,6-8H2,1H3. The minimum Gasteiger partial charge on any atom is -0.393 e. The third-order valence-corrected chi connectivity index (χ3v) is 3.67. The highest BCUT2D eigenvalue weighted by molar-refractivity contribution is 7.80. The molecule has 92 valence electrons. The van der Waals surface area contributed by atoms with Crippen LogP contribution >= 0.6 is 12.6 Å². The monoisotopic (exact) mass is 251 g/mol. The summed E-state index contributed by atoms with van der Waals surface area (Å²) in [6.45, 7) is 3.20. The molecule has 1 aliphatic heterocycles. The first kappa shape index (κ1) is 12.5. The molecule has 2 atom stereocenters. The van der Waals surface area contributed by atoms with Gasteiger partial charge in [-0.3, -0.25) is 4.79 Å². The zero-order valence-electron chi connectivity index (χ0n) is 9.84. The fourth-order valence-electron chi connectivity index (χ4n) is 2.14. The van der Waals surface area contributed by atoms with E-state index in [1.165, 1.54) is 0 Å². The highest BCUT2D eigenvalue weighted by Crippen LogP contribution is 2.21. The summed E-state index contributed by atoms with van der Waals surface area (Å²) in [7, 11) is 0. The van der Waals surface area contributed by atoms with Crippen LogP contribution in [0.15, 0.2) is 29.2 Å². The molecule has 1 saturated heterocycles. The van der Waals surface area contributed by atoms with E-state index in [1.807, 2.05) is 25.1 Å². The number of nitrogens with zero attached hydrogens (tertiary/aromatic N) is 1. The molecule has 2 unspecified atom stereocenters. The molecule has 0 spiro atoms. The number of piperidine rings is 1. The second kappa shape index (κ2) is 5.10. The Labute approximate surface area is 107 Å². The molecule has 2 rings (SSSR count). The van der Waals surface area contributed by atoms with Gasteiger partial charge in [0, 0.05) is 18.0 Å². The fraction of sp³-hybridized carbons (Fsp3) is 0.462. The largest absolute Gasteiger partial charge is 0.393 e. The molecule has 1 aromatic carbocycles. The van der Waals surface area contributed by atoms with Gasteiger partial charge in [0.2, 0.25) is 0 Å². The lowest BCUT2D eigenvalue weighted by Crippen LogP contribution is -2.45. The first-order valence-corrected chi connectivity index (χ1v) is 6.29. The zero-order chi connectivity index (χ0) is 12.4. The Kier molecular flexibility index (Phi) is 3.74. The number of hydrogen-bond acceptors (Lipinski definition) is 3. The van der Waals surface area contributed by atoms with Gasteiger partial charge in [0.15, 0.2) is 0 Å². The van der Waals surface area contributed by atoms with Crippen LogP contribution in [-0.2, 0) is 0 Å². The normalized spacial score (nSPS) is 24.8. The van der Waals surface area contributed by atoms with Crippen molar-refractivity contribution in [3.8, 4) is 0 Å². The molecule has 0 radical (unpaired) electrons. The minimum atomic E-state index is -0.287. The molecular formula is C13H17NO2S. The summed E-state index contributed by atoms with van der Waals surface area (Å²) in [4.78, 5) is 14.8. The summed E-state index contributed by atoms with van der Waals surface area (Å²) in [6, 6.07) is 7.32. The molecule has 1 amide bonds. The van der Waals surface area contributed by atoms with Crippen LogP contribution in [0.1, 0.15) is 23.7 Å². The van der Waals surface area contributed by atoms with Crippen LogP contribution < -0.4 is 0 Å². The van der Waals surface area contributed by atoms with E-state index in [2.05, 4.69) is 12.6 Å². The van der Waals surface area contributed by atoms with Crippen LogP contribution in [0, 0.1) is 5.92 Å². The number of amides is 1. The number of carbonyl (C=O) groups excluding carboxylic acids is 1. The van der Waals surface area contributed by atoms with Gasteiger partial charge in [-0.25, -0.2) is 0 Å². The van der Waals surface area contributed by atoms with Crippen molar-refractivity contribution >= 4 is 18.5 Å². The van der Waals surface area contributed by atoms with Crippen LogP contribution in [0.2, 0.25) is 0 Å². The summed E-state index contributed by atoms with van der Waals surface area (Å²) in [5.41, 5.74) is 0.638. The molecule has 0 saturated carbocycles. The van der Waals surface area contributed by atoms with Crippen molar-refractivity contribution in [1.29, 1.82) is 0 Å². The number of benzene rings is 1. The Morgan fingerprint density at radius 2 is 2.18 bits per heavy atom. The first-order valence-electron chi connectivity index (χ1n) is 5.85. The van der Waals surface area contributed by atoms with E-state index in [-0.39, 0.29) is 17.9 Å². The van der Waals surface area contributed by atoms with Crippen LogP contribution in [0.5, 0.6) is 0 Å². The smallest absolute Gasteiger partial charge is 0.254 e. The lowest BCUT2D eigenvalue weighted by atomic mass is 9.96. The van der Waals surface area contributed by atoms with Gasteiger partial charge in [-0.15, -0.1) is 12.6 Å². The Balaban J connectivity index is 2.14. The maximum atomic E-state index is 12.3. The lowest BCUT2D eigenvalue weighted by Gasteiger charge is -2.34. The van der Waals surface area contributed by atoms with Gasteiger partial charge in [-0.05, 0) is 24.5 Å². The van der Waals surface area contributed by atoms with E-state index in [4.69, 9.17) is 0 Å². The molecule has 3 nitrogen and oxygen atoms in total. The maximum absolute atomic E-state index is 12.3. The van der Waals surface area contributed by atoms with Crippen molar-refractivity contribution < 1.29 is 9.90 Å². The summed E-state index contributed by atoms with van der Waals surface area (Å²) in [6.07, 6.45) is 0.368. The minimum absolute atomic E-state index is 0.00866. The SMILES string of the molecule is CC1CN(C(=O)c2ccccc2S)CCC1O. The summed E-state index contributed by atoms with van der Waals surface area (Å²) >= 11 is 4.30. The maximum Gasteiger partial charge on any atom is 0.254 e. The fourth-order valence-corrected chi connectivity index (χ4v) is 2.40. The average molecular weight is 251 g/mol. The Hall–Kier alpha value is -1.00. The number of aliphatic hydroxyl groups excluding tert-OH is 1. The van der Waals surface area contributed by atoms with Crippen molar-refractivity contribution in [2.45, 2.75) is 24.3 Å². The highest BCUT2D eigenvalue weighted by Gasteiger charge is 2.28. The van der Waals surface area contributed by atoms with Gasteiger partial charge in [-0.2, -0.15) is 0 Å². The second-order valence-corrected chi connectivity index (χ2v) is 5.08. The van der Waals surface area contributed by atoms with E-state index in [9.17, 15) is 9.90 Å². The molecule has 0 aromatic heterocycles. The lowest BCUT2D eigenvalue weighted by molar-refractivity contribution is 0.0295.